The third-order valence-electron chi connectivity index (χ3n) is 6.08. The second-order valence-corrected chi connectivity index (χ2v) is 10.7. The predicted octanol–water partition coefficient (Wildman–Crippen LogP) is 3.78. The van der Waals surface area contributed by atoms with Crippen LogP contribution >= 0.6 is 31.9 Å². The van der Waals surface area contributed by atoms with Gasteiger partial charge in [-0.15, -0.1) is 0 Å². The van der Waals surface area contributed by atoms with Crippen molar-refractivity contribution in [2.75, 3.05) is 64.2 Å². The lowest BCUT2D eigenvalue weighted by Gasteiger charge is -2.22. The van der Waals surface area contributed by atoms with E-state index >= 15 is 0 Å². The molecule has 2 aromatic rings. The Morgan fingerprint density at radius 3 is 1.97 bits per heavy atom. The molecule has 0 saturated heterocycles. The van der Waals surface area contributed by atoms with E-state index in [-0.39, 0.29) is 11.8 Å². The summed E-state index contributed by atoms with van der Waals surface area (Å²) in [5.74, 6) is 0.241. The second-order valence-electron chi connectivity index (χ2n) is 8.92. The number of amides is 2. The molecule has 6 nitrogen and oxygen atoms in total. The molecule has 0 spiro atoms. The largest absolute Gasteiger partial charge is 0.311 e. The molecule has 2 amide bonds. The van der Waals surface area contributed by atoms with Crippen molar-refractivity contribution in [3.8, 4) is 11.1 Å². The number of benzene rings is 2. The van der Waals surface area contributed by atoms with Gasteiger partial charge in [-0.25, -0.2) is 0 Å². The van der Waals surface area contributed by atoms with E-state index in [0.717, 1.165) is 55.7 Å². The summed E-state index contributed by atoms with van der Waals surface area (Å²) < 4.78 is 1.87. The van der Waals surface area contributed by atoms with Crippen LogP contribution in [0.25, 0.3) is 11.1 Å². The lowest BCUT2D eigenvalue weighted by molar-refractivity contribution is -0.118. The molecule has 2 aliphatic rings. The maximum absolute atomic E-state index is 12.9. The SMILES string of the molecule is CN(C)CCN1C(=O)Cc2c(-c3c(Br)ccc4c3CC(=O)N4CCN(C)C)cc(Br)cc21. The van der Waals surface area contributed by atoms with Gasteiger partial charge in [0.05, 0.1) is 12.8 Å². The van der Waals surface area contributed by atoms with Crippen LogP contribution in [0, 0.1) is 0 Å². The number of anilines is 2. The molecule has 0 aromatic heterocycles. The van der Waals surface area contributed by atoms with Crippen molar-refractivity contribution < 1.29 is 9.59 Å². The van der Waals surface area contributed by atoms with Crippen LogP contribution in [0.1, 0.15) is 11.1 Å². The molecular weight excluding hydrogens is 536 g/mol. The van der Waals surface area contributed by atoms with E-state index in [1.54, 1.807) is 0 Å². The molecule has 32 heavy (non-hydrogen) atoms. The normalized spacial score (nSPS) is 15.4. The molecule has 0 radical (unpaired) electrons. The number of carbonyl (C=O) groups is 2. The van der Waals surface area contributed by atoms with Crippen molar-refractivity contribution in [1.82, 2.24) is 9.80 Å². The van der Waals surface area contributed by atoms with E-state index in [0.29, 0.717) is 25.9 Å². The van der Waals surface area contributed by atoms with Gasteiger partial charge in [0.1, 0.15) is 0 Å². The van der Waals surface area contributed by atoms with Crippen LogP contribution in [0.4, 0.5) is 11.4 Å². The molecule has 170 valence electrons. The topological polar surface area (TPSA) is 47.1 Å². The number of hydrogen-bond donors (Lipinski definition) is 0. The van der Waals surface area contributed by atoms with Crippen LogP contribution < -0.4 is 9.80 Å². The first-order valence-electron chi connectivity index (χ1n) is 10.7. The van der Waals surface area contributed by atoms with Crippen LogP contribution in [0.5, 0.6) is 0 Å². The molecule has 2 aliphatic heterocycles. The minimum atomic E-state index is 0.119. The van der Waals surface area contributed by atoms with Crippen LogP contribution in [-0.2, 0) is 22.4 Å². The molecule has 0 unspecified atom stereocenters. The first-order chi connectivity index (χ1) is 15.2. The number of halogens is 2. The van der Waals surface area contributed by atoms with Crippen molar-refractivity contribution in [3.63, 3.8) is 0 Å². The van der Waals surface area contributed by atoms with Crippen molar-refractivity contribution in [1.29, 1.82) is 0 Å². The van der Waals surface area contributed by atoms with Gasteiger partial charge in [0, 0.05) is 52.1 Å². The van der Waals surface area contributed by atoms with Crippen LogP contribution in [-0.4, -0.2) is 76.0 Å². The van der Waals surface area contributed by atoms with Gasteiger partial charge in [-0.05, 0) is 69.1 Å². The monoisotopic (exact) mass is 562 g/mol. The van der Waals surface area contributed by atoms with Gasteiger partial charge in [-0.3, -0.25) is 9.59 Å². The number of hydrogen-bond acceptors (Lipinski definition) is 4. The Kier molecular flexibility index (Phi) is 6.77. The van der Waals surface area contributed by atoms with Gasteiger partial charge in [0.2, 0.25) is 11.8 Å². The average Bonchev–Trinajstić information content (AvgIpc) is 3.19. The lowest BCUT2D eigenvalue weighted by Crippen LogP contribution is -2.33. The Balaban J connectivity index is 1.81. The fourth-order valence-electron chi connectivity index (χ4n) is 4.46. The van der Waals surface area contributed by atoms with E-state index in [2.05, 4.69) is 47.7 Å². The van der Waals surface area contributed by atoms with Gasteiger partial charge in [-0.1, -0.05) is 31.9 Å². The zero-order valence-electron chi connectivity index (χ0n) is 18.9. The molecule has 4 rings (SSSR count). The molecular formula is C24H28Br2N4O2. The minimum Gasteiger partial charge on any atom is -0.311 e. The van der Waals surface area contributed by atoms with Crippen molar-refractivity contribution in [2.24, 2.45) is 0 Å². The summed E-state index contributed by atoms with van der Waals surface area (Å²) in [5, 5.41) is 0. The van der Waals surface area contributed by atoms with Gasteiger partial charge in [-0.2, -0.15) is 0 Å². The molecule has 0 bridgehead atoms. The summed E-state index contributed by atoms with van der Waals surface area (Å²) in [4.78, 5) is 33.8. The number of rotatable bonds is 7. The van der Waals surface area contributed by atoms with Crippen molar-refractivity contribution in [2.45, 2.75) is 12.8 Å². The van der Waals surface area contributed by atoms with Crippen LogP contribution in [0.2, 0.25) is 0 Å². The standard InChI is InChI=1S/C24H28Br2N4O2/c1-27(2)7-9-29-20-6-5-19(26)24(18(20)14-23(29)32)17-11-15(25)12-21-16(17)13-22(31)30(21)10-8-28(3)4/h5-6,11-12H,7-10,13-14H2,1-4H3. The highest BCUT2D eigenvalue weighted by atomic mass is 79.9. The van der Waals surface area contributed by atoms with Crippen LogP contribution in [0.3, 0.4) is 0 Å². The third kappa shape index (κ3) is 4.38. The maximum Gasteiger partial charge on any atom is 0.231 e. The van der Waals surface area contributed by atoms with Gasteiger partial charge < -0.3 is 19.6 Å². The summed E-state index contributed by atoms with van der Waals surface area (Å²) in [5.41, 5.74) is 6.02. The summed E-state index contributed by atoms with van der Waals surface area (Å²) in [6, 6.07) is 8.15. The smallest absolute Gasteiger partial charge is 0.231 e. The first kappa shape index (κ1) is 23.4. The molecule has 0 saturated carbocycles. The Labute approximate surface area is 206 Å². The summed E-state index contributed by atoms with van der Waals surface area (Å²) in [6.07, 6.45) is 0.747. The quantitative estimate of drug-likeness (QED) is 0.514. The Bertz CT molecular complexity index is 1080. The van der Waals surface area contributed by atoms with Crippen LogP contribution in [0.15, 0.2) is 33.2 Å². The summed E-state index contributed by atoms with van der Waals surface area (Å²) >= 11 is 7.41. The summed E-state index contributed by atoms with van der Waals surface area (Å²) in [6.45, 7) is 2.91. The first-order valence-corrected chi connectivity index (χ1v) is 12.3. The molecule has 8 heteroatoms. The molecule has 2 heterocycles. The number of fused-ring (bicyclic) bond motifs is 2. The molecule has 0 N–H and O–H groups in total. The molecule has 0 fully saturated rings. The third-order valence-corrected chi connectivity index (χ3v) is 7.20. The highest BCUT2D eigenvalue weighted by molar-refractivity contribution is 9.10. The maximum atomic E-state index is 12.9. The van der Waals surface area contributed by atoms with Crippen molar-refractivity contribution in [3.05, 3.63) is 44.3 Å². The van der Waals surface area contributed by atoms with E-state index in [4.69, 9.17) is 0 Å². The molecule has 0 atom stereocenters. The van der Waals surface area contributed by atoms with E-state index in [1.807, 2.05) is 56.2 Å². The van der Waals surface area contributed by atoms with Crippen molar-refractivity contribution >= 4 is 55.0 Å². The van der Waals surface area contributed by atoms with E-state index < -0.39 is 0 Å². The predicted molar refractivity (Wildman–Crippen MR) is 136 cm³/mol. The minimum absolute atomic E-state index is 0.119. The Hall–Kier alpha value is -1.74. The Morgan fingerprint density at radius 2 is 1.38 bits per heavy atom. The number of likely N-dealkylation sites (N-methyl/N-ethyl adjacent to an activating group) is 2. The van der Waals surface area contributed by atoms with Gasteiger partial charge in [0.15, 0.2) is 0 Å². The summed E-state index contributed by atoms with van der Waals surface area (Å²) in [7, 11) is 8.05. The zero-order valence-corrected chi connectivity index (χ0v) is 22.1. The molecule has 0 aliphatic carbocycles. The highest BCUT2D eigenvalue weighted by Gasteiger charge is 2.34. The van der Waals surface area contributed by atoms with Gasteiger partial charge in [0.25, 0.3) is 0 Å². The second kappa shape index (κ2) is 9.25. The van der Waals surface area contributed by atoms with Gasteiger partial charge >= 0.3 is 0 Å². The average molecular weight is 564 g/mol. The fourth-order valence-corrected chi connectivity index (χ4v) is 5.49. The number of carbonyl (C=O) groups excluding carboxylic acids is 2. The fraction of sp³-hybridized carbons (Fsp3) is 0.417. The Morgan fingerprint density at radius 1 is 0.812 bits per heavy atom. The number of nitrogens with zero attached hydrogens (tertiary/aromatic N) is 4. The van der Waals surface area contributed by atoms with E-state index in [9.17, 15) is 9.59 Å². The zero-order chi connectivity index (χ0) is 23.2. The lowest BCUT2D eigenvalue weighted by atomic mass is 9.92. The van der Waals surface area contributed by atoms with E-state index in [1.165, 1.54) is 0 Å². The molecule has 2 aromatic carbocycles. The highest BCUT2D eigenvalue weighted by Crippen LogP contribution is 2.46.